The second-order valence-electron chi connectivity index (χ2n) is 9.69. The predicted molar refractivity (Wildman–Crippen MR) is 157 cm³/mol. The Morgan fingerprint density at radius 2 is 1.87 bits per heavy atom. The minimum Gasteiger partial charge on any atom is -0.489 e. The first-order chi connectivity index (χ1) is 18.9. The number of benzene rings is 3. The number of ether oxygens (including phenoxy) is 1. The number of aryl methyl sites for hydroxylation is 2. The van der Waals surface area contributed by atoms with Crippen molar-refractivity contribution < 1.29 is 9.53 Å². The molecular weight excluding hydrogens is 506 g/mol. The molecule has 1 aliphatic heterocycles. The summed E-state index contributed by atoms with van der Waals surface area (Å²) in [5, 5.41) is 11.9. The summed E-state index contributed by atoms with van der Waals surface area (Å²) < 4.78 is 8.02. The molecular formula is C31H33N5O2S. The second-order valence-corrected chi connectivity index (χ2v) is 10.8. The molecule has 1 aromatic heterocycles. The molecule has 0 radical (unpaired) electrons. The second kappa shape index (κ2) is 11.8. The molecule has 39 heavy (non-hydrogen) atoms. The number of rotatable bonds is 9. The van der Waals surface area contributed by atoms with E-state index in [1.165, 1.54) is 5.56 Å². The molecule has 0 saturated heterocycles. The van der Waals surface area contributed by atoms with Crippen molar-refractivity contribution in [1.82, 2.24) is 14.8 Å². The Balaban J connectivity index is 1.50. The fourth-order valence-corrected chi connectivity index (χ4v) is 5.30. The quantitative estimate of drug-likeness (QED) is 0.225. The van der Waals surface area contributed by atoms with Crippen LogP contribution in [0.15, 0.2) is 89.2 Å². The number of amides is 1. The average molecular weight is 540 g/mol. The fourth-order valence-electron chi connectivity index (χ4n) is 4.62. The highest BCUT2D eigenvalue weighted by atomic mass is 32.2. The number of nitrogens with one attached hydrogen (secondary N) is 2. The van der Waals surface area contributed by atoms with Gasteiger partial charge in [0.15, 0.2) is 0 Å². The lowest BCUT2D eigenvalue weighted by Gasteiger charge is -2.29. The van der Waals surface area contributed by atoms with Crippen molar-refractivity contribution >= 4 is 29.3 Å². The summed E-state index contributed by atoms with van der Waals surface area (Å²) >= 11 is 1.61. The Bertz CT molecular complexity index is 1530. The highest BCUT2D eigenvalue weighted by Gasteiger charge is 2.34. The lowest BCUT2D eigenvalue weighted by Crippen LogP contribution is -2.31. The normalized spacial score (nSPS) is 14.5. The number of thioether (sulfide) groups is 1. The maximum Gasteiger partial charge on any atom is 0.255 e. The van der Waals surface area contributed by atoms with Gasteiger partial charge in [0, 0.05) is 17.1 Å². The summed E-state index contributed by atoms with van der Waals surface area (Å²) in [5.74, 6) is 2.08. The van der Waals surface area contributed by atoms with Crippen molar-refractivity contribution in [3.05, 3.63) is 106 Å². The summed E-state index contributed by atoms with van der Waals surface area (Å²) in [6.07, 6.45) is 1.02. The van der Waals surface area contributed by atoms with E-state index in [0.717, 1.165) is 46.0 Å². The van der Waals surface area contributed by atoms with Gasteiger partial charge in [0.25, 0.3) is 5.91 Å². The van der Waals surface area contributed by atoms with Crippen molar-refractivity contribution in [3.63, 3.8) is 0 Å². The fraction of sp³-hybridized carbons (Fsp3) is 0.258. The molecule has 1 atom stereocenters. The lowest BCUT2D eigenvalue weighted by molar-refractivity contribution is -0.113. The summed E-state index contributed by atoms with van der Waals surface area (Å²) in [4.78, 5) is 18.5. The van der Waals surface area contributed by atoms with Crippen LogP contribution in [0.4, 0.5) is 11.6 Å². The topological polar surface area (TPSA) is 81.1 Å². The van der Waals surface area contributed by atoms with Gasteiger partial charge in [-0.3, -0.25) is 4.79 Å². The molecule has 200 valence electrons. The monoisotopic (exact) mass is 539 g/mol. The van der Waals surface area contributed by atoms with Crippen LogP contribution in [0.5, 0.6) is 5.75 Å². The maximum absolute atomic E-state index is 13.8. The van der Waals surface area contributed by atoms with Crippen molar-refractivity contribution in [1.29, 1.82) is 0 Å². The summed E-state index contributed by atoms with van der Waals surface area (Å²) in [6.45, 7) is 8.59. The van der Waals surface area contributed by atoms with Crippen LogP contribution in [-0.4, -0.2) is 26.4 Å². The minimum absolute atomic E-state index is 0.189. The first-order valence-corrected chi connectivity index (χ1v) is 14.1. The molecule has 7 nitrogen and oxygen atoms in total. The Kier molecular flexibility index (Phi) is 8.02. The Morgan fingerprint density at radius 3 is 2.67 bits per heavy atom. The van der Waals surface area contributed by atoms with Gasteiger partial charge >= 0.3 is 0 Å². The molecule has 4 aromatic rings. The summed E-state index contributed by atoms with van der Waals surface area (Å²) in [5.41, 5.74) is 6.36. The molecule has 2 heterocycles. The van der Waals surface area contributed by atoms with Crippen molar-refractivity contribution in [3.8, 4) is 5.75 Å². The van der Waals surface area contributed by atoms with Gasteiger partial charge in [-0.15, -0.1) is 5.10 Å². The maximum atomic E-state index is 13.8. The highest BCUT2D eigenvalue weighted by molar-refractivity contribution is 7.99. The molecule has 1 unspecified atom stereocenters. The predicted octanol–water partition coefficient (Wildman–Crippen LogP) is 6.90. The van der Waals surface area contributed by atoms with E-state index in [-0.39, 0.29) is 5.91 Å². The number of hydrogen-bond donors (Lipinski definition) is 2. The Morgan fingerprint density at radius 1 is 1.05 bits per heavy atom. The highest BCUT2D eigenvalue weighted by Crippen LogP contribution is 2.38. The van der Waals surface area contributed by atoms with E-state index in [0.29, 0.717) is 23.3 Å². The van der Waals surface area contributed by atoms with Crippen molar-refractivity contribution in [2.24, 2.45) is 0 Å². The smallest absolute Gasteiger partial charge is 0.255 e. The molecule has 0 fully saturated rings. The van der Waals surface area contributed by atoms with Gasteiger partial charge in [0.2, 0.25) is 11.1 Å². The van der Waals surface area contributed by atoms with Crippen LogP contribution in [0, 0.1) is 13.8 Å². The van der Waals surface area contributed by atoms with E-state index in [9.17, 15) is 4.79 Å². The molecule has 0 saturated carbocycles. The van der Waals surface area contributed by atoms with Gasteiger partial charge in [-0.2, -0.15) is 4.98 Å². The first-order valence-electron chi connectivity index (χ1n) is 13.2. The van der Waals surface area contributed by atoms with Crippen molar-refractivity contribution in [2.45, 2.75) is 51.9 Å². The van der Waals surface area contributed by atoms with E-state index in [4.69, 9.17) is 14.8 Å². The van der Waals surface area contributed by atoms with Gasteiger partial charge in [-0.25, -0.2) is 4.68 Å². The summed E-state index contributed by atoms with van der Waals surface area (Å²) in [6, 6.07) is 23.4. The number of allylic oxidation sites excluding steroid dienone is 1. The number of anilines is 2. The van der Waals surface area contributed by atoms with Gasteiger partial charge in [-0.1, -0.05) is 67.2 Å². The molecule has 2 N–H and O–H groups in total. The third kappa shape index (κ3) is 6.01. The number of carbonyl (C=O) groups excluding carboxylic acids is 1. The SMILES string of the molecule is CCCSc1nc2n(n1)C(c1cccc(OCc3ccccc3C)c1)C(C(=O)Nc1cccc(C)c1)=C(C)N2. The molecule has 0 aliphatic carbocycles. The number of aromatic nitrogens is 3. The zero-order valence-electron chi connectivity index (χ0n) is 22.7. The number of fused-ring (bicyclic) bond motifs is 1. The van der Waals surface area contributed by atoms with Crippen LogP contribution in [0.25, 0.3) is 0 Å². The molecule has 3 aromatic carbocycles. The summed E-state index contributed by atoms with van der Waals surface area (Å²) in [7, 11) is 0. The van der Waals surface area contributed by atoms with Gasteiger partial charge in [0.05, 0.1) is 5.57 Å². The van der Waals surface area contributed by atoms with E-state index >= 15 is 0 Å². The third-order valence-corrected chi connectivity index (χ3v) is 7.66. The van der Waals surface area contributed by atoms with Crippen LogP contribution in [0.2, 0.25) is 0 Å². The van der Waals surface area contributed by atoms with Crippen LogP contribution in [-0.2, 0) is 11.4 Å². The van der Waals surface area contributed by atoms with Gasteiger partial charge in [0.1, 0.15) is 18.4 Å². The first kappa shape index (κ1) is 26.6. The van der Waals surface area contributed by atoms with E-state index in [1.807, 2.05) is 79.2 Å². The van der Waals surface area contributed by atoms with Gasteiger partial charge in [-0.05, 0) is 73.7 Å². The Labute approximate surface area is 233 Å². The molecule has 0 spiro atoms. The van der Waals surface area contributed by atoms with Gasteiger partial charge < -0.3 is 15.4 Å². The molecule has 8 heteroatoms. The number of hydrogen-bond acceptors (Lipinski definition) is 6. The Hall–Kier alpha value is -4.04. The number of nitrogens with zero attached hydrogens (tertiary/aromatic N) is 3. The molecule has 1 aliphatic rings. The minimum atomic E-state index is -0.475. The third-order valence-electron chi connectivity index (χ3n) is 6.62. The van der Waals surface area contributed by atoms with E-state index in [2.05, 4.69) is 36.6 Å². The zero-order chi connectivity index (χ0) is 27.4. The lowest BCUT2D eigenvalue weighted by atomic mass is 9.94. The zero-order valence-corrected chi connectivity index (χ0v) is 23.5. The van der Waals surface area contributed by atoms with Crippen LogP contribution in [0.3, 0.4) is 0 Å². The number of carbonyl (C=O) groups is 1. The van der Waals surface area contributed by atoms with Crippen LogP contribution >= 0.6 is 11.8 Å². The molecule has 0 bridgehead atoms. The molecule has 5 rings (SSSR count). The van der Waals surface area contributed by atoms with E-state index < -0.39 is 6.04 Å². The average Bonchev–Trinajstić information content (AvgIpc) is 3.33. The standard InChI is InChI=1S/C31H33N5O2S/c1-5-16-39-31-34-30-32-22(4)27(29(37)33-25-14-8-10-20(2)17-25)28(36(30)35-31)23-13-9-15-26(18-23)38-19-24-12-7-6-11-21(24)3/h6-15,17-18,28H,5,16,19H2,1-4H3,(H,33,37)(H,32,34,35). The van der Waals surface area contributed by atoms with Crippen molar-refractivity contribution in [2.75, 3.05) is 16.4 Å². The van der Waals surface area contributed by atoms with E-state index in [1.54, 1.807) is 11.8 Å². The molecule has 1 amide bonds. The largest absolute Gasteiger partial charge is 0.489 e. The van der Waals surface area contributed by atoms with Crippen LogP contribution in [0.1, 0.15) is 48.6 Å². The van der Waals surface area contributed by atoms with Crippen LogP contribution < -0.4 is 15.4 Å².